The van der Waals surface area contributed by atoms with Crippen LogP contribution in [0, 0.1) is 0 Å². The second kappa shape index (κ2) is 12.0. The first-order valence-electron chi connectivity index (χ1n) is 14.1. The van der Waals surface area contributed by atoms with Crippen LogP contribution in [0.1, 0.15) is 0 Å². The van der Waals surface area contributed by atoms with Gasteiger partial charge in [0.05, 0.1) is 0 Å². The van der Waals surface area contributed by atoms with Crippen LogP contribution in [0.15, 0.2) is 162 Å². The molecule has 1 heterocycles. The Bertz CT molecular complexity index is 1980. The molecule has 0 spiro atoms. The zero-order valence-electron chi connectivity index (χ0n) is 23.2. The van der Waals surface area contributed by atoms with Crippen LogP contribution in [0.3, 0.4) is 0 Å². The van der Waals surface area contributed by atoms with Gasteiger partial charge >= 0.3 is 0 Å². The van der Waals surface area contributed by atoms with E-state index in [2.05, 4.69) is 107 Å². The maximum absolute atomic E-state index is 4.92. The topological polar surface area (TPSA) is 38.7 Å². The minimum absolute atomic E-state index is 0.646. The van der Waals surface area contributed by atoms with E-state index in [4.69, 9.17) is 15.0 Å². The van der Waals surface area contributed by atoms with E-state index in [-0.39, 0.29) is 0 Å². The Morgan fingerprint density at radius 3 is 1.00 bits per heavy atom. The highest BCUT2D eigenvalue weighted by molar-refractivity contribution is 9.10. The van der Waals surface area contributed by atoms with Crippen molar-refractivity contribution in [1.82, 2.24) is 15.0 Å². The lowest BCUT2D eigenvalue weighted by Crippen LogP contribution is -2.00. The lowest BCUT2D eigenvalue weighted by molar-refractivity contribution is 1.07. The fourth-order valence-corrected chi connectivity index (χ4v) is 5.60. The SMILES string of the molecule is Brc1cccc(-c2cccc(-c3cccc(-c4cccc(-c5nc(-c6ccccc6)nc(-c6ccccc6)n5)c4)c3)c2)c1. The Balaban J connectivity index is 1.27. The molecule has 0 fully saturated rings. The van der Waals surface area contributed by atoms with Gasteiger partial charge in [0.1, 0.15) is 0 Å². The van der Waals surface area contributed by atoms with Crippen LogP contribution in [0.2, 0.25) is 0 Å². The highest BCUT2D eigenvalue weighted by Gasteiger charge is 2.13. The molecule has 0 amide bonds. The minimum atomic E-state index is 0.646. The monoisotopic (exact) mass is 615 g/mol. The van der Waals surface area contributed by atoms with Gasteiger partial charge in [0.25, 0.3) is 0 Å². The smallest absolute Gasteiger partial charge is 0.164 e. The predicted molar refractivity (Wildman–Crippen MR) is 180 cm³/mol. The molecular weight excluding hydrogens is 590 g/mol. The summed E-state index contributed by atoms with van der Waals surface area (Å²) in [5, 5.41) is 0. The molecule has 0 saturated carbocycles. The highest BCUT2D eigenvalue weighted by Crippen LogP contribution is 2.32. The molecule has 0 unspecified atom stereocenters. The molecule has 0 aliphatic rings. The first kappa shape index (κ1) is 26.7. The average Bonchev–Trinajstić information content (AvgIpc) is 3.09. The Kier molecular flexibility index (Phi) is 7.43. The predicted octanol–water partition coefficient (Wildman–Crippen LogP) is 10.6. The molecule has 0 aliphatic carbocycles. The lowest BCUT2D eigenvalue weighted by atomic mass is 9.95. The van der Waals surface area contributed by atoms with Crippen LogP contribution in [-0.4, -0.2) is 15.0 Å². The van der Waals surface area contributed by atoms with Crippen LogP contribution in [0.5, 0.6) is 0 Å². The van der Waals surface area contributed by atoms with Crippen molar-refractivity contribution in [2.45, 2.75) is 0 Å². The van der Waals surface area contributed by atoms with E-state index in [1.54, 1.807) is 0 Å². The summed E-state index contributed by atoms with van der Waals surface area (Å²) in [6.45, 7) is 0. The van der Waals surface area contributed by atoms with E-state index in [9.17, 15) is 0 Å². The van der Waals surface area contributed by atoms with Crippen molar-refractivity contribution in [2.24, 2.45) is 0 Å². The van der Waals surface area contributed by atoms with Crippen molar-refractivity contribution < 1.29 is 0 Å². The largest absolute Gasteiger partial charge is 0.208 e. The third-order valence-corrected chi connectivity index (χ3v) is 7.86. The zero-order chi connectivity index (χ0) is 29.0. The molecule has 0 saturated heterocycles. The summed E-state index contributed by atoms with van der Waals surface area (Å²) in [7, 11) is 0. The Morgan fingerprint density at radius 2 is 0.581 bits per heavy atom. The Morgan fingerprint density at radius 1 is 0.279 bits per heavy atom. The third kappa shape index (κ3) is 5.92. The summed E-state index contributed by atoms with van der Waals surface area (Å²) in [4.78, 5) is 14.7. The van der Waals surface area contributed by atoms with Crippen molar-refractivity contribution in [3.05, 3.63) is 162 Å². The average molecular weight is 617 g/mol. The maximum Gasteiger partial charge on any atom is 0.164 e. The van der Waals surface area contributed by atoms with Gasteiger partial charge in [-0.2, -0.15) is 0 Å². The van der Waals surface area contributed by atoms with Crippen LogP contribution in [0.25, 0.3) is 67.5 Å². The fraction of sp³-hybridized carbons (Fsp3) is 0. The molecule has 1 aromatic heterocycles. The van der Waals surface area contributed by atoms with Gasteiger partial charge in [-0.1, -0.05) is 143 Å². The van der Waals surface area contributed by atoms with E-state index in [1.807, 2.05) is 66.7 Å². The number of benzene rings is 6. The normalized spacial score (nSPS) is 10.9. The van der Waals surface area contributed by atoms with Crippen molar-refractivity contribution in [2.75, 3.05) is 0 Å². The quantitative estimate of drug-likeness (QED) is 0.187. The molecule has 0 aliphatic heterocycles. The molecule has 7 rings (SSSR count). The van der Waals surface area contributed by atoms with E-state index in [0.29, 0.717) is 17.5 Å². The standard InChI is InChI=1S/C39H26BrN3/c40-36-22-10-20-34(26-36)32-18-8-16-30(24-32)29-15-7-17-31(23-29)33-19-9-21-35(25-33)39-42-37(27-11-3-1-4-12-27)41-38(43-39)28-13-5-2-6-14-28/h1-26H. The zero-order valence-corrected chi connectivity index (χ0v) is 24.8. The summed E-state index contributed by atoms with van der Waals surface area (Å²) in [5.74, 6) is 1.96. The van der Waals surface area contributed by atoms with Gasteiger partial charge < -0.3 is 0 Å². The maximum atomic E-state index is 4.92. The number of nitrogens with zero attached hydrogens (tertiary/aromatic N) is 3. The molecule has 0 bridgehead atoms. The second-order valence-corrected chi connectivity index (χ2v) is 11.2. The molecule has 7 aromatic rings. The summed E-state index contributed by atoms with van der Waals surface area (Å²) < 4.78 is 1.07. The summed E-state index contributed by atoms with van der Waals surface area (Å²) in [5.41, 5.74) is 9.79. The number of rotatable bonds is 6. The molecular formula is C39H26BrN3. The molecule has 3 nitrogen and oxygen atoms in total. The molecule has 0 N–H and O–H groups in total. The summed E-state index contributed by atoms with van der Waals surface area (Å²) in [6, 6.07) is 54.3. The van der Waals surface area contributed by atoms with Gasteiger partial charge in [0.15, 0.2) is 17.5 Å². The Labute approximate surface area is 259 Å². The highest BCUT2D eigenvalue weighted by atomic mass is 79.9. The van der Waals surface area contributed by atoms with Crippen molar-refractivity contribution in [1.29, 1.82) is 0 Å². The van der Waals surface area contributed by atoms with Crippen molar-refractivity contribution in [3.8, 4) is 67.5 Å². The Hall–Kier alpha value is -5.19. The second-order valence-electron chi connectivity index (χ2n) is 10.3. The van der Waals surface area contributed by atoms with Crippen LogP contribution < -0.4 is 0 Å². The molecule has 43 heavy (non-hydrogen) atoms. The fourth-order valence-electron chi connectivity index (χ4n) is 5.20. The van der Waals surface area contributed by atoms with Gasteiger partial charge in [0.2, 0.25) is 0 Å². The summed E-state index contributed by atoms with van der Waals surface area (Å²) in [6.07, 6.45) is 0. The number of aromatic nitrogens is 3. The number of hydrogen-bond acceptors (Lipinski definition) is 3. The van der Waals surface area contributed by atoms with Crippen molar-refractivity contribution in [3.63, 3.8) is 0 Å². The van der Waals surface area contributed by atoms with E-state index < -0.39 is 0 Å². The van der Waals surface area contributed by atoms with Gasteiger partial charge in [-0.05, 0) is 63.7 Å². The third-order valence-electron chi connectivity index (χ3n) is 7.37. The molecule has 204 valence electrons. The minimum Gasteiger partial charge on any atom is -0.208 e. The van der Waals surface area contributed by atoms with Gasteiger partial charge in [-0.25, -0.2) is 15.0 Å². The van der Waals surface area contributed by atoms with Gasteiger partial charge in [-0.3, -0.25) is 0 Å². The van der Waals surface area contributed by atoms with Crippen LogP contribution in [0.4, 0.5) is 0 Å². The van der Waals surface area contributed by atoms with Gasteiger partial charge in [-0.15, -0.1) is 0 Å². The molecule has 0 atom stereocenters. The lowest BCUT2D eigenvalue weighted by Gasteiger charge is -2.11. The van der Waals surface area contributed by atoms with E-state index in [1.165, 1.54) is 16.7 Å². The van der Waals surface area contributed by atoms with Crippen LogP contribution >= 0.6 is 15.9 Å². The molecule has 4 heteroatoms. The summed E-state index contributed by atoms with van der Waals surface area (Å²) >= 11 is 3.60. The van der Waals surface area contributed by atoms with Crippen molar-refractivity contribution >= 4 is 15.9 Å². The first-order chi connectivity index (χ1) is 21.2. The van der Waals surface area contributed by atoms with Gasteiger partial charge in [0, 0.05) is 21.2 Å². The molecule has 6 aromatic carbocycles. The van der Waals surface area contributed by atoms with E-state index >= 15 is 0 Å². The number of halogens is 1. The first-order valence-corrected chi connectivity index (χ1v) is 14.9. The molecule has 0 radical (unpaired) electrons. The van der Waals surface area contributed by atoms with E-state index in [0.717, 1.165) is 37.9 Å². The number of hydrogen-bond donors (Lipinski definition) is 0. The van der Waals surface area contributed by atoms with Crippen LogP contribution in [-0.2, 0) is 0 Å².